The molecule has 0 unspecified atom stereocenters. The fourth-order valence-electron chi connectivity index (χ4n) is 3.09. The standard InChI is InChI=1S/C20H18N4O3S/c25-18(26)11-28-10-12-1-3-13(4-2-12)19-21-7-6-16(24-19)17-9-14-15(23-17)5-8-22-20(14)27/h1-4,6-7,9,23H,5,8,10-11H2,(H,22,27)(H,25,26). The van der Waals surface area contributed by atoms with E-state index >= 15 is 0 Å². The minimum Gasteiger partial charge on any atom is -0.481 e. The zero-order valence-corrected chi connectivity index (χ0v) is 15.8. The average Bonchev–Trinajstić information content (AvgIpc) is 3.14. The number of aromatic nitrogens is 3. The Balaban J connectivity index is 1.54. The molecule has 0 radical (unpaired) electrons. The second kappa shape index (κ2) is 7.85. The first kappa shape index (κ1) is 18.2. The van der Waals surface area contributed by atoms with Gasteiger partial charge in [-0.1, -0.05) is 24.3 Å². The number of nitrogens with one attached hydrogen (secondary N) is 2. The number of carboxylic acid groups (broad SMARTS) is 1. The predicted molar refractivity (Wildman–Crippen MR) is 107 cm³/mol. The van der Waals surface area contributed by atoms with E-state index < -0.39 is 5.97 Å². The SMILES string of the molecule is O=C(O)CSCc1ccc(-c2nccc(-c3cc4c([nH]3)CCNC4=O)n2)cc1. The van der Waals surface area contributed by atoms with E-state index in [1.54, 1.807) is 6.20 Å². The zero-order valence-electron chi connectivity index (χ0n) is 14.9. The quantitative estimate of drug-likeness (QED) is 0.593. The molecule has 0 atom stereocenters. The van der Waals surface area contributed by atoms with E-state index in [0.717, 1.165) is 34.6 Å². The maximum absolute atomic E-state index is 12.0. The van der Waals surface area contributed by atoms with Crippen molar-refractivity contribution < 1.29 is 14.7 Å². The molecule has 1 amide bonds. The molecule has 3 heterocycles. The summed E-state index contributed by atoms with van der Waals surface area (Å²) in [7, 11) is 0. The molecule has 7 nitrogen and oxygen atoms in total. The fraction of sp³-hybridized carbons (Fsp3) is 0.200. The first-order chi connectivity index (χ1) is 13.6. The van der Waals surface area contributed by atoms with Crippen molar-refractivity contribution in [3.63, 3.8) is 0 Å². The van der Waals surface area contributed by atoms with Crippen LogP contribution in [-0.2, 0) is 17.0 Å². The lowest BCUT2D eigenvalue weighted by atomic mass is 10.1. The summed E-state index contributed by atoms with van der Waals surface area (Å²) in [6, 6.07) is 11.4. The Morgan fingerprint density at radius 2 is 2.04 bits per heavy atom. The number of amides is 1. The minimum atomic E-state index is -0.810. The molecule has 142 valence electrons. The predicted octanol–water partition coefficient (Wildman–Crippen LogP) is 2.74. The Bertz CT molecular complexity index is 1030. The third-order valence-electron chi connectivity index (χ3n) is 4.44. The number of aromatic amines is 1. The zero-order chi connectivity index (χ0) is 19.5. The molecule has 1 aliphatic heterocycles. The van der Waals surface area contributed by atoms with Gasteiger partial charge in [-0.15, -0.1) is 11.8 Å². The van der Waals surface area contributed by atoms with Crippen molar-refractivity contribution in [2.45, 2.75) is 12.2 Å². The molecule has 1 aromatic carbocycles. The van der Waals surface area contributed by atoms with Crippen LogP contribution >= 0.6 is 11.8 Å². The van der Waals surface area contributed by atoms with Gasteiger partial charge in [0, 0.05) is 36.2 Å². The summed E-state index contributed by atoms with van der Waals surface area (Å²) in [5, 5.41) is 11.6. The van der Waals surface area contributed by atoms with Crippen molar-refractivity contribution in [2.24, 2.45) is 0 Å². The molecule has 4 rings (SSSR count). The maximum Gasteiger partial charge on any atom is 0.313 e. The Labute approximate surface area is 165 Å². The van der Waals surface area contributed by atoms with Gasteiger partial charge in [-0.25, -0.2) is 9.97 Å². The van der Waals surface area contributed by atoms with Crippen molar-refractivity contribution in [3.8, 4) is 22.8 Å². The van der Waals surface area contributed by atoms with E-state index in [-0.39, 0.29) is 11.7 Å². The molecular weight excluding hydrogens is 376 g/mol. The van der Waals surface area contributed by atoms with Gasteiger partial charge in [0.15, 0.2) is 5.82 Å². The number of thioether (sulfide) groups is 1. The van der Waals surface area contributed by atoms with E-state index in [0.29, 0.717) is 23.7 Å². The number of hydrogen-bond acceptors (Lipinski definition) is 5. The van der Waals surface area contributed by atoms with Crippen LogP contribution in [0.3, 0.4) is 0 Å². The number of nitrogens with zero attached hydrogens (tertiary/aromatic N) is 2. The number of carbonyl (C=O) groups is 2. The van der Waals surface area contributed by atoms with Crippen molar-refractivity contribution in [3.05, 3.63) is 59.4 Å². The highest BCUT2D eigenvalue weighted by Crippen LogP contribution is 2.25. The van der Waals surface area contributed by atoms with Crippen molar-refractivity contribution in [1.82, 2.24) is 20.3 Å². The highest BCUT2D eigenvalue weighted by atomic mass is 32.2. The van der Waals surface area contributed by atoms with Crippen LogP contribution < -0.4 is 5.32 Å². The van der Waals surface area contributed by atoms with Crippen LogP contribution in [0, 0.1) is 0 Å². The van der Waals surface area contributed by atoms with Crippen LogP contribution in [-0.4, -0.2) is 44.2 Å². The highest BCUT2D eigenvalue weighted by Gasteiger charge is 2.20. The van der Waals surface area contributed by atoms with Gasteiger partial charge in [0.1, 0.15) is 0 Å². The number of carboxylic acids is 1. The summed E-state index contributed by atoms with van der Waals surface area (Å²) < 4.78 is 0. The molecular formula is C20H18N4O3S. The molecule has 0 aliphatic carbocycles. The average molecular weight is 394 g/mol. The normalized spacial score (nSPS) is 13.1. The van der Waals surface area contributed by atoms with Gasteiger partial charge in [-0.05, 0) is 17.7 Å². The third kappa shape index (κ3) is 3.91. The summed E-state index contributed by atoms with van der Waals surface area (Å²) in [6.07, 6.45) is 2.48. The van der Waals surface area contributed by atoms with Crippen LogP contribution in [0.5, 0.6) is 0 Å². The van der Waals surface area contributed by atoms with E-state index in [2.05, 4.69) is 20.3 Å². The molecule has 3 N–H and O–H groups in total. The Morgan fingerprint density at radius 1 is 1.21 bits per heavy atom. The first-order valence-corrected chi connectivity index (χ1v) is 9.98. The first-order valence-electron chi connectivity index (χ1n) is 8.82. The van der Waals surface area contributed by atoms with E-state index in [9.17, 15) is 9.59 Å². The van der Waals surface area contributed by atoms with Crippen LogP contribution in [0.15, 0.2) is 42.6 Å². The Kier molecular flexibility index (Phi) is 5.12. The van der Waals surface area contributed by atoms with Gasteiger partial charge in [-0.3, -0.25) is 9.59 Å². The molecule has 8 heteroatoms. The smallest absolute Gasteiger partial charge is 0.313 e. The number of rotatable bonds is 6. The molecule has 0 saturated heterocycles. The lowest BCUT2D eigenvalue weighted by Crippen LogP contribution is -2.31. The topological polar surface area (TPSA) is 108 Å². The number of H-pyrrole nitrogens is 1. The summed E-state index contributed by atoms with van der Waals surface area (Å²) in [6.45, 7) is 0.637. The molecule has 0 saturated carbocycles. The summed E-state index contributed by atoms with van der Waals surface area (Å²) in [5.41, 5.74) is 5.06. The summed E-state index contributed by atoms with van der Waals surface area (Å²) in [4.78, 5) is 34.9. The van der Waals surface area contributed by atoms with Crippen LogP contribution in [0.1, 0.15) is 21.6 Å². The Hall–Kier alpha value is -3.13. The van der Waals surface area contributed by atoms with Crippen molar-refractivity contribution >= 4 is 23.6 Å². The van der Waals surface area contributed by atoms with Crippen LogP contribution in [0.4, 0.5) is 0 Å². The van der Waals surface area contributed by atoms with Gasteiger partial charge >= 0.3 is 5.97 Å². The number of aliphatic carboxylic acids is 1. The molecule has 3 aromatic rings. The van der Waals surface area contributed by atoms with Crippen LogP contribution in [0.2, 0.25) is 0 Å². The maximum atomic E-state index is 12.0. The number of carbonyl (C=O) groups excluding carboxylic acids is 1. The lowest BCUT2D eigenvalue weighted by molar-refractivity contribution is -0.133. The highest BCUT2D eigenvalue weighted by molar-refractivity contribution is 7.99. The third-order valence-corrected chi connectivity index (χ3v) is 5.43. The molecule has 0 fully saturated rings. The largest absolute Gasteiger partial charge is 0.481 e. The monoisotopic (exact) mass is 394 g/mol. The molecule has 2 aromatic heterocycles. The minimum absolute atomic E-state index is 0.0608. The van der Waals surface area contributed by atoms with E-state index in [1.807, 2.05) is 36.4 Å². The second-order valence-corrected chi connectivity index (χ2v) is 7.42. The molecule has 28 heavy (non-hydrogen) atoms. The molecule has 0 spiro atoms. The number of fused-ring (bicyclic) bond motifs is 1. The number of benzene rings is 1. The number of hydrogen-bond donors (Lipinski definition) is 3. The molecule has 1 aliphatic rings. The lowest BCUT2D eigenvalue weighted by Gasteiger charge is -2.10. The van der Waals surface area contributed by atoms with E-state index in [4.69, 9.17) is 5.11 Å². The summed E-state index contributed by atoms with van der Waals surface area (Å²) >= 11 is 1.36. The van der Waals surface area contributed by atoms with Gasteiger partial charge in [-0.2, -0.15) is 0 Å². The van der Waals surface area contributed by atoms with Gasteiger partial charge in [0.2, 0.25) is 0 Å². The van der Waals surface area contributed by atoms with Gasteiger partial charge < -0.3 is 15.4 Å². The van der Waals surface area contributed by atoms with Crippen molar-refractivity contribution in [1.29, 1.82) is 0 Å². The van der Waals surface area contributed by atoms with E-state index in [1.165, 1.54) is 11.8 Å². The van der Waals surface area contributed by atoms with Gasteiger partial charge in [0.05, 0.1) is 22.7 Å². The molecule has 0 bridgehead atoms. The second-order valence-electron chi connectivity index (χ2n) is 6.43. The van der Waals surface area contributed by atoms with Gasteiger partial charge in [0.25, 0.3) is 5.91 Å². The van der Waals surface area contributed by atoms with Crippen molar-refractivity contribution in [2.75, 3.05) is 12.3 Å². The summed E-state index contributed by atoms with van der Waals surface area (Å²) in [5.74, 6) is 0.457. The fourth-order valence-corrected chi connectivity index (χ4v) is 3.79. The van der Waals surface area contributed by atoms with Crippen LogP contribution in [0.25, 0.3) is 22.8 Å². The Morgan fingerprint density at radius 3 is 2.79 bits per heavy atom.